The van der Waals surface area contributed by atoms with Gasteiger partial charge in [0.1, 0.15) is 12.4 Å². The number of rotatable bonds is 5. The molecule has 0 fully saturated rings. The van der Waals surface area contributed by atoms with Gasteiger partial charge in [0.15, 0.2) is 17.3 Å². The Morgan fingerprint density at radius 3 is 2.74 bits per heavy atom. The number of amides is 1. The SMILES string of the molecule is COc1cc([C@@H]2CC(=O)Nc3n[nH]cc32)ccc1OCc1ccc(O)cc1C(F)(F)F. The van der Waals surface area contributed by atoms with Crippen LogP contribution in [0.3, 0.4) is 0 Å². The van der Waals surface area contributed by atoms with Crippen LogP contribution in [0.1, 0.15) is 34.6 Å². The molecule has 162 valence electrons. The van der Waals surface area contributed by atoms with E-state index in [1.165, 1.54) is 19.2 Å². The lowest BCUT2D eigenvalue weighted by atomic mass is 9.87. The Balaban J connectivity index is 1.59. The zero-order chi connectivity index (χ0) is 22.2. The van der Waals surface area contributed by atoms with Gasteiger partial charge in [-0.05, 0) is 29.8 Å². The number of carbonyl (C=O) groups is 1. The average molecular weight is 433 g/mol. The number of phenolic OH excluding ortho intramolecular Hbond substituents is 1. The standard InChI is InChI=1S/C21H18F3N3O4/c1-30-18-6-11(14-8-19(29)26-20-15(14)9-25-27-20)3-5-17(18)31-10-12-2-4-13(28)7-16(12)21(22,23)24/h2-7,9,14,28H,8,10H2,1H3,(H2,25,26,27,29)/t14-/m0/s1. The quantitative estimate of drug-likeness (QED) is 0.561. The fourth-order valence-corrected chi connectivity index (χ4v) is 3.57. The minimum Gasteiger partial charge on any atom is -0.508 e. The van der Waals surface area contributed by atoms with Gasteiger partial charge in [-0.3, -0.25) is 9.89 Å². The third-order valence-electron chi connectivity index (χ3n) is 5.06. The van der Waals surface area contributed by atoms with E-state index in [0.29, 0.717) is 17.6 Å². The van der Waals surface area contributed by atoms with E-state index in [9.17, 15) is 23.1 Å². The molecule has 0 aliphatic carbocycles. The number of aromatic hydroxyl groups is 1. The number of hydrogen-bond acceptors (Lipinski definition) is 5. The predicted octanol–water partition coefficient (Wildman–Crippen LogP) is 4.20. The minimum absolute atomic E-state index is 0.122. The van der Waals surface area contributed by atoms with Crippen LogP contribution < -0.4 is 14.8 Å². The summed E-state index contributed by atoms with van der Waals surface area (Å²) in [5, 5.41) is 18.8. The molecule has 1 aromatic heterocycles. The number of H-pyrrole nitrogens is 1. The van der Waals surface area contributed by atoms with E-state index in [-0.39, 0.29) is 36.2 Å². The number of ether oxygens (including phenoxy) is 2. The largest absolute Gasteiger partial charge is 0.508 e. The van der Waals surface area contributed by atoms with Gasteiger partial charge in [-0.2, -0.15) is 18.3 Å². The first-order chi connectivity index (χ1) is 14.8. The third kappa shape index (κ3) is 4.14. The number of hydrogen-bond donors (Lipinski definition) is 3. The molecule has 10 heteroatoms. The number of halogens is 3. The first-order valence-corrected chi connectivity index (χ1v) is 9.29. The van der Waals surface area contributed by atoms with E-state index >= 15 is 0 Å². The third-order valence-corrected chi connectivity index (χ3v) is 5.06. The molecule has 0 radical (unpaired) electrons. The molecule has 4 rings (SSSR count). The Labute approximate surface area is 174 Å². The molecule has 7 nitrogen and oxygen atoms in total. The number of benzene rings is 2. The highest BCUT2D eigenvalue weighted by Crippen LogP contribution is 2.40. The van der Waals surface area contributed by atoms with Crippen LogP contribution in [-0.4, -0.2) is 28.3 Å². The normalized spacial score (nSPS) is 15.9. The molecule has 0 saturated carbocycles. The number of fused-ring (bicyclic) bond motifs is 1. The Morgan fingerprint density at radius 1 is 1.19 bits per heavy atom. The van der Waals surface area contributed by atoms with Crippen LogP contribution in [0, 0.1) is 0 Å². The van der Waals surface area contributed by atoms with Crippen molar-refractivity contribution < 1.29 is 32.5 Å². The monoisotopic (exact) mass is 433 g/mol. The van der Waals surface area contributed by atoms with Gasteiger partial charge in [0.2, 0.25) is 5.91 Å². The highest BCUT2D eigenvalue weighted by atomic mass is 19.4. The Kier molecular flexibility index (Phi) is 5.22. The van der Waals surface area contributed by atoms with Crippen LogP contribution in [0.5, 0.6) is 17.2 Å². The van der Waals surface area contributed by atoms with Gasteiger partial charge >= 0.3 is 6.18 Å². The van der Waals surface area contributed by atoms with Gasteiger partial charge < -0.3 is 19.9 Å². The molecule has 3 N–H and O–H groups in total. The van der Waals surface area contributed by atoms with E-state index in [1.807, 2.05) is 0 Å². The van der Waals surface area contributed by atoms with Crippen LogP contribution in [0.15, 0.2) is 42.6 Å². The maximum absolute atomic E-state index is 13.3. The summed E-state index contributed by atoms with van der Waals surface area (Å²) in [5.41, 5.74) is 0.517. The molecule has 0 spiro atoms. The summed E-state index contributed by atoms with van der Waals surface area (Å²) >= 11 is 0. The molecule has 1 amide bonds. The molecule has 0 bridgehead atoms. The minimum atomic E-state index is -4.63. The summed E-state index contributed by atoms with van der Waals surface area (Å²) in [6, 6.07) is 8.02. The van der Waals surface area contributed by atoms with Crippen molar-refractivity contribution in [3.8, 4) is 17.2 Å². The second-order valence-corrected chi connectivity index (χ2v) is 7.03. The molecule has 0 saturated heterocycles. The van der Waals surface area contributed by atoms with Crippen molar-refractivity contribution in [1.29, 1.82) is 0 Å². The molecule has 1 aliphatic rings. The number of methoxy groups -OCH3 is 1. The maximum atomic E-state index is 13.3. The number of aromatic nitrogens is 2. The number of aromatic amines is 1. The zero-order valence-corrected chi connectivity index (χ0v) is 16.3. The number of nitrogens with one attached hydrogen (secondary N) is 2. The van der Waals surface area contributed by atoms with Crippen molar-refractivity contribution in [2.45, 2.75) is 25.1 Å². The smallest absolute Gasteiger partial charge is 0.416 e. The highest BCUT2D eigenvalue weighted by Gasteiger charge is 2.34. The number of phenols is 1. The lowest BCUT2D eigenvalue weighted by molar-refractivity contribution is -0.138. The second-order valence-electron chi connectivity index (χ2n) is 7.03. The van der Waals surface area contributed by atoms with Crippen LogP contribution in [0.2, 0.25) is 0 Å². The van der Waals surface area contributed by atoms with Crippen LogP contribution in [0.25, 0.3) is 0 Å². The predicted molar refractivity (Wildman–Crippen MR) is 104 cm³/mol. The van der Waals surface area contributed by atoms with Crippen LogP contribution in [0.4, 0.5) is 19.0 Å². The van der Waals surface area contributed by atoms with Crippen LogP contribution in [-0.2, 0) is 17.6 Å². The fourth-order valence-electron chi connectivity index (χ4n) is 3.57. The number of anilines is 1. The van der Waals surface area contributed by atoms with Gasteiger partial charge in [0, 0.05) is 29.7 Å². The number of carbonyl (C=O) groups excluding carboxylic acids is 1. The summed E-state index contributed by atoms with van der Waals surface area (Å²) in [6.07, 6.45) is -2.70. The van der Waals surface area contributed by atoms with E-state index < -0.39 is 17.5 Å². The van der Waals surface area contributed by atoms with Crippen molar-refractivity contribution in [1.82, 2.24) is 10.2 Å². The summed E-state index contributed by atoms with van der Waals surface area (Å²) < 4.78 is 50.7. The molecule has 1 aliphatic heterocycles. The zero-order valence-electron chi connectivity index (χ0n) is 16.3. The molecule has 1 atom stereocenters. The molecule has 2 aromatic carbocycles. The van der Waals surface area contributed by atoms with Crippen molar-refractivity contribution in [3.63, 3.8) is 0 Å². The van der Waals surface area contributed by atoms with Gasteiger partial charge in [0.05, 0.1) is 12.7 Å². The van der Waals surface area contributed by atoms with E-state index in [2.05, 4.69) is 15.5 Å². The van der Waals surface area contributed by atoms with Gasteiger partial charge in [0.25, 0.3) is 0 Å². The number of nitrogens with zero attached hydrogens (tertiary/aromatic N) is 1. The van der Waals surface area contributed by atoms with E-state index in [1.54, 1.807) is 24.4 Å². The van der Waals surface area contributed by atoms with Crippen molar-refractivity contribution >= 4 is 11.7 Å². The van der Waals surface area contributed by atoms with Gasteiger partial charge in [-0.1, -0.05) is 12.1 Å². The van der Waals surface area contributed by atoms with E-state index in [4.69, 9.17) is 9.47 Å². The lowest BCUT2D eigenvalue weighted by Crippen LogP contribution is -2.23. The summed E-state index contributed by atoms with van der Waals surface area (Å²) in [4.78, 5) is 12.0. The highest BCUT2D eigenvalue weighted by molar-refractivity contribution is 5.94. The van der Waals surface area contributed by atoms with Crippen LogP contribution >= 0.6 is 0 Å². The summed E-state index contributed by atoms with van der Waals surface area (Å²) in [7, 11) is 1.42. The molecule has 2 heterocycles. The van der Waals surface area contributed by atoms with Gasteiger partial charge in [-0.25, -0.2) is 0 Å². The summed E-state index contributed by atoms with van der Waals surface area (Å²) in [6.45, 7) is -0.372. The molecular formula is C21H18F3N3O4. The Morgan fingerprint density at radius 2 is 2.00 bits per heavy atom. The first kappa shape index (κ1) is 20.6. The summed E-state index contributed by atoms with van der Waals surface area (Å²) in [5.74, 6) is 0.136. The fraction of sp³-hybridized carbons (Fsp3) is 0.238. The average Bonchev–Trinajstić information content (AvgIpc) is 3.19. The van der Waals surface area contributed by atoms with Crippen molar-refractivity contribution in [2.24, 2.45) is 0 Å². The second kappa shape index (κ2) is 7.86. The first-order valence-electron chi connectivity index (χ1n) is 9.29. The van der Waals surface area contributed by atoms with E-state index in [0.717, 1.165) is 11.1 Å². The molecular weight excluding hydrogens is 415 g/mol. The van der Waals surface area contributed by atoms with Crippen molar-refractivity contribution in [2.75, 3.05) is 12.4 Å². The Bertz CT molecular complexity index is 1130. The van der Waals surface area contributed by atoms with Crippen molar-refractivity contribution in [3.05, 3.63) is 64.8 Å². The molecule has 31 heavy (non-hydrogen) atoms. The van der Waals surface area contributed by atoms with Gasteiger partial charge in [-0.15, -0.1) is 0 Å². The number of alkyl halides is 3. The molecule has 3 aromatic rings. The maximum Gasteiger partial charge on any atom is 0.416 e. The molecule has 0 unspecified atom stereocenters. The topological polar surface area (TPSA) is 96.5 Å². The Hall–Kier alpha value is -3.69. The lowest BCUT2D eigenvalue weighted by Gasteiger charge is -2.23.